The molecule has 1 N–H and O–H groups in total. The summed E-state index contributed by atoms with van der Waals surface area (Å²) >= 11 is 13.7. The Balaban J connectivity index is 2.34. The third-order valence-electron chi connectivity index (χ3n) is 2.61. The fraction of sp³-hybridized carbons (Fsp3) is 0.286. The van der Waals surface area contributed by atoms with Gasteiger partial charge in [0.25, 0.3) is 0 Å². The van der Waals surface area contributed by atoms with Crippen LogP contribution in [-0.2, 0) is 6.54 Å². The van der Waals surface area contributed by atoms with Gasteiger partial charge in [0.15, 0.2) is 0 Å². The summed E-state index contributed by atoms with van der Waals surface area (Å²) in [6.07, 6.45) is 0. The smallest absolute Gasteiger partial charge is 0.0934 e. The van der Waals surface area contributed by atoms with Crippen LogP contribution in [0.2, 0.25) is 9.36 Å². The third-order valence-corrected chi connectivity index (χ3v) is 4.11. The van der Waals surface area contributed by atoms with E-state index in [4.69, 9.17) is 23.2 Å². The van der Waals surface area contributed by atoms with Crippen LogP contribution in [0.1, 0.15) is 19.4 Å². The van der Waals surface area contributed by atoms with Gasteiger partial charge in [0.1, 0.15) is 0 Å². The molecule has 0 bridgehead atoms. The number of thiophene rings is 1. The molecule has 0 fully saturated rings. The molecule has 0 aliphatic rings. The summed E-state index contributed by atoms with van der Waals surface area (Å²) in [5.74, 6) is 0. The lowest BCUT2D eigenvalue weighted by atomic mass is 10.1. The van der Waals surface area contributed by atoms with E-state index in [9.17, 15) is 0 Å². The van der Waals surface area contributed by atoms with Gasteiger partial charge in [-0.1, -0.05) is 43.1 Å². The molecule has 4 heteroatoms. The SMILES string of the molecule is CC(C)NCc1cc(Cl)ccc1-c1ccc(Cl)s1. The van der Waals surface area contributed by atoms with Crippen LogP contribution in [0.15, 0.2) is 30.3 Å². The molecule has 1 aromatic carbocycles. The predicted octanol–water partition coefficient (Wildman–Crippen LogP) is 5.22. The molecule has 0 atom stereocenters. The maximum Gasteiger partial charge on any atom is 0.0934 e. The fourth-order valence-corrected chi connectivity index (χ4v) is 3.02. The van der Waals surface area contributed by atoms with Crippen molar-refractivity contribution in [3.63, 3.8) is 0 Å². The molecule has 1 heterocycles. The average molecular weight is 300 g/mol. The van der Waals surface area contributed by atoms with E-state index in [2.05, 4.69) is 31.3 Å². The first kappa shape index (κ1) is 13.9. The Labute approximate surface area is 122 Å². The first-order chi connectivity index (χ1) is 8.56. The third kappa shape index (κ3) is 3.48. The molecule has 0 aliphatic heterocycles. The van der Waals surface area contributed by atoms with Crippen molar-refractivity contribution in [2.75, 3.05) is 0 Å². The van der Waals surface area contributed by atoms with Crippen molar-refractivity contribution < 1.29 is 0 Å². The molecular weight excluding hydrogens is 285 g/mol. The number of halogens is 2. The quantitative estimate of drug-likeness (QED) is 0.816. The van der Waals surface area contributed by atoms with Crippen LogP contribution in [0.5, 0.6) is 0 Å². The molecule has 96 valence electrons. The van der Waals surface area contributed by atoms with Gasteiger partial charge in [-0.05, 0) is 35.4 Å². The first-order valence-electron chi connectivity index (χ1n) is 5.84. The highest BCUT2D eigenvalue weighted by atomic mass is 35.5. The minimum Gasteiger partial charge on any atom is -0.310 e. The Morgan fingerprint density at radius 1 is 1.17 bits per heavy atom. The van der Waals surface area contributed by atoms with Crippen LogP contribution in [-0.4, -0.2) is 6.04 Å². The van der Waals surface area contributed by atoms with Crippen molar-refractivity contribution in [3.05, 3.63) is 45.3 Å². The van der Waals surface area contributed by atoms with Crippen LogP contribution in [0.25, 0.3) is 10.4 Å². The Morgan fingerprint density at radius 3 is 2.56 bits per heavy atom. The lowest BCUT2D eigenvalue weighted by molar-refractivity contribution is 0.589. The van der Waals surface area contributed by atoms with Gasteiger partial charge in [-0.2, -0.15) is 0 Å². The van der Waals surface area contributed by atoms with Crippen molar-refractivity contribution in [1.29, 1.82) is 0 Å². The van der Waals surface area contributed by atoms with Crippen molar-refractivity contribution in [3.8, 4) is 10.4 Å². The predicted molar refractivity (Wildman–Crippen MR) is 81.8 cm³/mol. The molecule has 0 spiro atoms. The Morgan fingerprint density at radius 2 is 1.94 bits per heavy atom. The highest BCUT2D eigenvalue weighted by Crippen LogP contribution is 2.34. The molecule has 0 unspecified atom stereocenters. The van der Waals surface area contributed by atoms with Crippen LogP contribution < -0.4 is 5.32 Å². The van der Waals surface area contributed by atoms with Crippen LogP contribution in [0.3, 0.4) is 0 Å². The lowest BCUT2D eigenvalue weighted by Gasteiger charge is -2.12. The summed E-state index contributed by atoms with van der Waals surface area (Å²) in [4.78, 5) is 1.18. The zero-order valence-electron chi connectivity index (χ0n) is 10.3. The number of benzene rings is 1. The Hall–Kier alpha value is -0.540. The van der Waals surface area contributed by atoms with E-state index in [0.29, 0.717) is 6.04 Å². The van der Waals surface area contributed by atoms with E-state index >= 15 is 0 Å². The molecule has 2 aromatic rings. The molecule has 0 saturated carbocycles. The second kappa shape index (κ2) is 6.07. The van der Waals surface area contributed by atoms with Gasteiger partial charge in [0.05, 0.1) is 4.34 Å². The van der Waals surface area contributed by atoms with E-state index in [-0.39, 0.29) is 0 Å². The summed E-state index contributed by atoms with van der Waals surface area (Å²) in [6, 6.07) is 10.4. The molecule has 2 rings (SSSR count). The van der Waals surface area contributed by atoms with E-state index in [0.717, 1.165) is 15.9 Å². The Kier molecular flexibility index (Phi) is 4.68. The largest absolute Gasteiger partial charge is 0.310 e. The van der Waals surface area contributed by atoms with Gasteiger partial charge >= 0.3 is 0 Å². The van der Waals surface area contributed by atoms with E-state index in [1.807, 2.05) is 18.2 Å². The number of rotatable bonds is 4. The van der Waals surface area contributed by atoms with Crippen molar-refractivity contribution in [1.82, 2.24) is 5.32 Å². The maximum absolute atomic E-state index is 6.07. The van der Waals surface area contributed by atoms with E-state index < -0.39 is 0 Å². The minimum absolute atomic E-state index is 0.448. The molecule has 1 nitrogen and oxygen atoms in total. The molecule has 18 heavy (non-hydrogen) atoms. The van der Waals surface area contributed by atoms with Gasteiger partial charge in [0.2, 0.25) is 0 Å². The van der Waals surface area contributed by atoms with E-state index in [1.165, 1.54) is 16.0 Å². The van der Waals surface area contributed by atoms with Crippen LogP contribution >= 0.6 is 34.5 Å². The zero-order chi connectivity index (χ0) is 13.1. The molecule has 0 amide bonds. The van der Waals surface area contributed by atoms with Crippen molar-refractivity contribution in [2.24, 2.45) is 0 Å². The summed E-state index contributed by atoms with van der Waals surface area (Å²) in [6.45, 7) is 5.07. The van der Waals surface area contributed by atoms with E-state index in [1.54, 1.807) is 11.3 Å². The molecule has 1 aromatic heterocycles. The van der Waals surface area contributed by atoms with Gasteiger partial charge < -0.3 is 5.32 Å². The maximum atomic E-state index is 6.07. The normalized spacial score (nSPS) is 11.2. The Bertz CT molecular complexity index is 534. The second-order valence-electron chi connectivity index (χ2n) is 4.44. The first-order valence-corrected chi connectivity index (χ1v) is 7.41. The highest BCUT2D eigenvalue weighted by molar-refractivity contribution is 7.19. The fourth-order valence-electron chi connectivity index (χ4n) is 1.72. The van der Waals surface area contributed by atoms with Crippen LogP contribution in [0, 0.1) is 0 Å². The molecule has 0 saturated heterocycles. The van der Waals surface area contributed by atoms with Crippen molar-refractivity contribution in [2.45, 2.75) is 26.4 Å². The lowest BCUT2D eigenvalue weighted by Crippen LogP contribution is -2.22. The standard InChI is InChI=1S/C14H15Cl2NS/c1-9(2)17-8-10-7-11(15)3-4-12(10)13-5-6-14(16)18-13/h3-7,9,17H,8H2,1-2H3. The number of hydrogen-bond donors (Lipinski definition) is 1. The van der Waals surface area contributed by atoms with Crippen molar-refractivity contribution >= 4 is 34.5 Å². The monoisotopic (exact) mass is 299 g/mol. The average Bonchev–Trinajstić information content (AvgIpc) is 2.73. The summed E-state index contributed by atoms with van der Waals surface area (Å²) in [5.41, 5.74) is 2.40. The summed E-state index contributed by atoms with van der Waals surface area (Å²) < 4.78 is 0.808. The van der Waals surface area contributed by atoms with Gasteiger partial charge in [-0.3, -0.25) is 0 Å². The second-order valence-corrected chi connectivity index (χ2v) is 6.59. The van der Waals surface area contributed by atoms with Crippen LogP contribution in [0.4, 0.5) is 0 Å². The highest BCUT2D eigenvalue weighted by Gasteiger charge is 2.08. The zero-order valence-corrected chi connectivity index (χ0v) is 12.7. The van der Waals surface area contributed by atoms with Gasteiger partial charge in [0, 0.05) is 22.5 Å². The van der Waals surface area contributed by atoms with Gasteiger partial charge in [-0.25, -0.2) is 0 Å². The minimum atomic E-state index is 0.448. The summed E-state index contributed by atoms with van der Waals surface area (Å²) in [7, 11) is 0. The number of nitrogens with one attached hydrogen (secondary N) is 1. The summed E-state index contributed by atoms with van der Waals surface area (Å²) in [5, 5.41) is 4.18. The topological polar surface area (TPSA) is 12.0 Å². The number of hydrogen-bond acceptors (Lipinski definition) is 2. The van der Waals surface area contributed by atoms with Gasteiger partial charge in [-0.15, -0.1) is 11.3 Å². The molecular formula is C14H15Cl2NS. The molecule has 0 radical (unpaired) electrons. The molecule has 0 aliphatic carbocycles.